The predicted octanol–water partition coefficient (Wildman–Crippen LogP) is -4.40. The summed E-state index contributed by atoms with van der Waals surface area (Å²) >= 11 is 0. The molecule has 0 aromatic carbocycles. The van der Waals surface area contributed by atoms with Gasteiger partial charge in [-0.3, -0.25) is 14.4 Å². The number of β-amino-alcohol motifs (C(OH)–C–C–N with tert-alkyl or cyclic N) is 1. The van der Waals surface area contributed by atoms with Gasteiger partial charge in [0, 0.05) is 39.3 Å². The predicted molar refractivity (Wildman–Crippen MR) is 57.5 cm³/mol. The smallest absolute Gasteiger partial charge is 1.00 e. The standard InChI is InChI=1S/C8H18N2O4S.K.H/c11-7-5-9-1-3-10(4-2-9)6-8-15(12,13)14;;/h11H,1-8H2,(H,12,13,14);;/q;+1;-1. The van der Waals surface area contributed by atoms with Crippen LogP contribution in [0.25, 0.3) is 0 Å². The molecule has 0 bridgehead atoms. The Morgan fingerprint density at radius 2 is 1.50 bits per heavy atom. The third-order valence-corrected chi connectivity index (χ3v) is 3.25. The third kappa shape index (κ3) is 7.69. The van der Waals surface area contributed by atoms with Crippen molar-refractivity contribution in [3.8, 4) is 0 Å². The molecule has 2 N–H and O–H groups in total. The van der Waals surface area contributed by atoms with Crippen molar-refractivity contribution in [2.75, 3.05) is 51.6 Å². The van der Waals surface area contributed by atoms with E-state index >= 15 is 0 Å². The van der Waals surface area contributed by atoms with Gasteiger partial charge in [-0.2, -0.15) is 8.42 Å². The van der Waals surface area contributed by atoms with E-state index < -0.39 is 10.1 Å². The van der Waals surface area contributed by atoms with Crippen LogP contribution >= 0.6 is 0 Å². The number of piperazine rings is 1. The van der Waals surface area contributed by atoms with Crippen molar-refractivity contribution in [3.63, 3.8) is 0 Å². The number of nitrogens with zero attached hydrogens (tertiary/aromatic N) is 2. The molecule has 1 aliphatic rings. The maximum atomic E-state index is 10.5. The summed E-state index contributed by atoms with van der Waals surface area (Å²) in [5.74, 6) is -0.201. The summed E-state index contributed by atoms with van der Waals surface area (Å²) in [5, 5.41) is 8.73. The molecule has 0 radical (unpaired) electrons. The van der Waals surface area contributed by atoms with E-state index in [1.807, 2.05) is 4.90 Å². The molecule has 0 aromatic heterocycles. The van der Waals surface area contributed by atoms with E-state index in [1.165, 1.54) is 0 Å². The Balaban J connectivity index is 0. The molecule has 1 saturated heterocycles. The van der Waals surface area contributed by atoms with Crippen LogP contribution in [0.4, 0.5) is 0 Å². The van der Waals surface area contributed by atoms with Crippen LogP contribution in [0.1, 0.15) is 1.43 Å². The van der Waals surface area contributed by atoms with Gasteiger partial charge in [-0.25, -0.2) is 0 Å². The molecule has 8 heteroatoms. The molecule has 0 unspecified atom stereocenters. The van der Waals surface area contributed by atoms with E-state index in [-0.39, 0.29) is 65.2 Å². The van der Waals surface area contributed by atoms with Gasteiger partial charge in [0.2, 0.25) is 0 Å². The molecule has 0 aromatic rings. The Morgan fingerprint density at radius 3 is 1.88 bits per heavy atom. The first kappa shape index (κ1) is 17.4. The second-order valence-corrected chi connectivity index (χ2v) is 5.27. The Morgan fingerprint density at radius 1 is 1.06 bits per heavy atom. The molecule has 0 aliphatic carbocycles. The van der Waals surface area contributed by atoms with Crippen LogP contribution in [-0.2, 0) is 10.1 Å². The molecule has 1 heterocycles. The topological polar surface area (TPSA) is 81.1 Å². The number of hydrogen-bond acceptors (Lipinski definition) is 5. The van der Waals surface area contributed by atoms with Gasteiger partial charge in [0.15, 0.2) is 0 Å². The third-order valence-electron chi connectivity index (χ3n) is 2.55. The monoisotopic (exact) mass is 278 g/mol. The van der Waals surface area contributed by atoms with Crippen molar-refractivity contribution in [2.45, 2.75) is 0 Å². The van der Waals surface area contributed by atoms with E-state index in [0.29, 0.717) is 13.1 Å². The van der Waals surface area contributed by atoms with Crippen LogP contribution in [0.3, 0.4) is 0 Å². The second-order valence-electron chi connectivity index (χ2n) is 3.69. The van der Waals surface area contributed by atoms with Gasteiger partial charge in [0.1, 0.15) is 0 Å². The molecule has 0 amide bonds. The Labute approximate surface area is 141 Å². The van der Waals surface area contributed by atoms with Crippen molar-refractivity contribution in [2.24, 2.45) is 0 Å². The normalized spacial score (nSPS) is 19.4. The van der Waals surface area contributed by atoms with Crippen LogP contribution in [0.15, 0.2) is 0 Å². The van der Waals surface area contributed by atoms with Crippen molar-refractivity contribution in [1.82, 2.24) is 9.80 Å². The molecule has 0 spiro atoms. The molecule has 1 rings (SSSR count). The van der Waals surface area contributed by atoms with Gasteiger partial charge in [0.25, 0.3) is 10.1 Å². The summed E-state index contributed by atoms with van der Waals surface area (Å²) < 4.78 is 29.6. The number of aliphatic hydroxyl groups excluding tert-OH is 1. The first-order valence-electron chi connectivity index (χ1n) is 5.02. The Bertz CT molecular complexity index is 283. The van der Waals surface area contributed by atoms with Crippen molar-refractivity contribution < 1.29 is 70.9 Å². The Hall–Kier alpha value is 1.43. The van der Waals surface area contributed by atoms with Crippen LogP contribution < -0.4 is 51.4 Å². The fourth-order valence-electron chi connectivity index (χ4n) is 1.62. The van der Waals surface area contributed by atoms with Gasteiger partial charge in [0.05, 0.1) is 12.4 Å². The zero-order chi connectivity index (χ0) is 11.3. The zero-order valence-electron chi connectivity index (χ0n) is 10.7. The fourth-order valence-corrected chi connectivity index (χ4v) is 2.11. The minimum Gasteiger partial charge on any atom is -1.00 e. The molecular formula is C8H19KN2O4S. The van der Waals surface area contributed by atoms with Crippen LogP contribution in [0.5, 0.6) is 0 Å². The maximum absolute atomic E-state index is 10.5. The molecule has 6 nitrogen and oxygen atoms in total. The molecule has 1 aliphatic heterocycles. The zero-order valence-corrected chi connectivity index (χ0v) is 13.6. The summed E-state index contributed by atoms with van der Waals surface area (Å²) in [6.45, 7) is 4.46. The number of rotatable bonds is 5. The maximum Gasteiger partial charge on any atom is 1.00 e. The summed E-state index contributed by atoms with van der Waals surface area (Å²) in [7, 11) is -3.84. The largest absolute Gasteiger partial charge is 1.00 e. The van der Waals surface area contributed by atoms with E-state index in [9.17, 15) is 8.42 Å². The van der Waals surface area contributed by atoms with Gasteiger partial charge in [-0.1, -0.05) is 0 Å². The first-order valence-corrected chi connectivity index (χ1v) is 6.63. The average Bonchev–Trinajstić information content (AvgIpc) is 2.16. The summed E-state index contributed by atoms with van der Waals surface area (Å²) in [4.78, 5) is 4.13. The minimum absolute atomic E-state index is 0. The number of hydrogen-bond donors (Lipinski definition) is 2. The van der Waals surface area contributed by atoms with Gasteiger partial charge < -0.3 is 6.53 Å². The van der Waals surface area contributed by atoms with E-state index in [1.54, 1.807) is 0 Å². The van der Waals surface area contributed by atoms with Crippen LogP contribution in [0, 0.1) is 0 Å². The molecule has 1 fully saturated rings. The average molecular weight is 278 g/mol. The fraction of sp³-hybridized carbons (Fsp3) is 1.00. The van der Waals surface area contributed by atoms with Gasteiger partial charge >= 0.3 is 51.4 Å². The summed E-state index contributed by atoms with van der Waals surface area (Å²) in [6.07, 6.45) is 0. The van der Waals surface area contributed by atoms with Crippen molar-refractivity contribution in [3.05, 3.63) is 0 Å². The van der Waals surface area contributed by atoms with Crippen LogP contribution in [0.2, 0.25) is 0 Å². The van der Waals surface area contributed by atoms with Gasteiger partial charge in [-0.05, 0) is 0 Å². The van der Waals surface area contributed by atoms with E-state index in [0.717, 1.165) is 26.2 Å². The second kappa shape index (κ2) is 8.51. The molecule has 0 saturated carbocycles. The molecular weight excluding hydrogens is 259 g/mol. The SMILES string of the molecule is O=S(=O)(O)CCN1CCN(CCO)CC1.[H-].[K+]. The molecule has 0 atom stereocenters. The van der Waals surface area contributed by atoms with Crippen molar-refractivity contribution >= 4 is 10.1 Å². The van der Waals surface area contributed by atoms with E-state index in [4.69, 9.17) is 9.66 Å². The van der Waals surface area contributed by atoms with Gasteiger partial charge in [-0.15, -0.1) is 0 Å². The summed E-state index contributed by atoms with van der Waals surface area (Å²) in [5.41, 5.74) is 0. The minimum atomic E-state index is -3.84. The quantitative estimate of drug-likeness (QED) is 0.390. The molecule has 92 valence electrons. The van der Waals surface area contributed by atoms with Crippen LogP contribution in [-0.4, -0.2) is 79.5 Å². The van der Waals surface area contributed by atoms with E-state index in [2.05, 4.69) is 4.90 Å². The van der Waals surface area contributed by atoms with Crippen molar-refractivity contribution in [1.29, 1.82) is 0 Å². The number of aliphatic hydroxyl groups is 1. The first-order chi connectivity index (χ1) is 7.01. The Kier molecular flexibility index (Phi) is 9.27. The summed E-state index contributed by atoms with van der Waals surface area (Å²) in [6, 6.07) is 0. The molecule has 16 heavy (non-hydrogen) atoms.